The van der Waals surface area contributed by atoms with E-state index in [1.165, 1.54) is 37.1 Å². The molecule has 1 aromatic carbocycles. The Morgan fingerprint density at radius 1 is 1.06 bits per heavy atom. The first-order valence-electron chi connectivity index (χ1n) is 12.1. The van der Waals surface area contributed by atoms with Crippen LogP contribution in [0.2, 0.25) is 0 Å². The molecule has 0 aliphatic carbocycles. The summed E-state index contributed by atoms with van der Waals surface area (Å²) >= 11 is 0. The molecule has 182 valence electrons. The molecule has 2 saturated heterocycles. The molecule has 1 N–H and O–H groups in total. The first-order valence-corrected chi connectivity index (χ1v) is 12.1. The Labute approximate surface area is 215 Å². The standard InChI is InChI=1S/C25H38N6O.HI/c1-3-26-25(31-14-12-29(13-15-31)20-24-10-16-32-28-24)27-17-22-8-4-5-9-23(22)19-30-11-6-7-21(2)18-30;/h4-5,8-10,16,21H,3,6-7,11-15,17-20H2,1-2H3,(H,26,27);1H. The van der Waals surface area contributed by atoms with Crippen LogP contribution in [0.4, 0.5) is 0 Å². The van der Waals surface area contributed by atoms with Crippen LogP contribution in [-0.2, 0) is 19.6 Å². The molecule has 2 aliphatic rings. The van der Waals surface area contributed by atoms with Crippen molar-refractivity contribution in [2.24, 2.45) is 10.9 Å². The van der Waals surface area contributed by atoms with Crippen molar-refractivity contribution in [1.29, 1.82) is 0 Å². The number of guanidine groups is 1. The molecule has 1 aromatic heterocycles. The monoisotopic (exact) mass is 566 g/mol. The van der Waals surface area contributed by atoms with Crippen molar-refractivity contribution < 1.29 is 4.52 Å². The zero-order valence-electron chi connectivity index (χ0n) is 20.1. The number of piperazine rings is 1. The molecule has 7 nitrogen and oxygen atoms in total. The highest BCUT2D eigenvalue weighted by molar-refractivity contribution is 14.0. The van der Waals surface area contributed by atoms with Gasteiger partial charge in [0, 0.05) is 58.4 Å². The Hall–Kier alpha value is -1.65. The minimum atomic E-state index is 0. The highest BCUT2D eigenvalue weighted by atomic mass is 127. The molecular weight excluding hydrogens is 527 g/mol. The molecule has 4 rings (SSSR count). The second-order valence-electron chi connectivity index (χ2n) is 9.18. The number of hydrogen-bond acceptors (Lipinski definition) is 5. The Kier molecular flexibility index (Phi) is 10.5. The second-order valence-corrected chi connectivity index (χ2v) is 9.18. The number of halogens is 1. The van der Waals surface area contributed by atoms with Gasteiger partial charge in [-0.15, -0.1) is 24.0 Å². The van der Waals surface area contributed by atoms with E-state index in [9.17, 15) is 0 Å². The topological polar surface area (TPSA) is 60.1 Å². The third-order valence-electron chi connectivity index (χ3n) is 6.54. The molecular formula is C25H39IN6O. The Balaban J connectivity index is 0.00000306. The summed E-state index contributed by atoms with van der Waals surface area (Å²) in [5, 5.41) is 7.55. The van der Waals surface area contributed by atoms with Gasteiger partial charge >= 0.3 is 0 Å². The minimum Gasteiger partial charge on any atom is -0.364 e. The van der Waals surface area contributed by atoms with Gasteiger partial charge in [-0.25, -0.2) is 4.99 Å². The van der Waals surface area contributed by atoms with Crippen molar-refractivity contribution in [2.45, 2.75) is 46.3 Å². The molecule has 1 atom stereocenters. The van der Waals surface area contributed by atoms with Crippen molar-refractivity contribution in [1.82, 2.24) is 25.2 Å². The van der Waals surface area contributed by atoms with Gasteiger partial charge < -0.3 is 14.7 Å². The zero-order valence-corrected chi connectivity index (χ0v) is 22.4. The molecule has 0 saturated carbocycles. The molecule has 3 heterocycles. The summed E-state index contributed by atoms with van der Waals surface area (Å²) in [6.45, 7) is 14.4. The normalized spacial score (nSPS) is 20.5. The number of nitrogens with zero attached hydrogens (tertiary/aromatic N) is 5. The molecule has 8 heteroatoms. The number of benzene rings is 1. The van der Waals surface area contributed by atoms with Crippen LogP contribution in [0.5, 0.6) is 0 Å². The van der Waals surface area contributed by atoms with E-state index in [0.717, 1.165) is 69.9 Å². The average Bonchev–Trinajstić information content (AvgIpc) is 3.31. The van der Waals surface area contributed by atoms with Crippen LogP contribution >= 0.6 is 24.0 Å². The maximum Gasteiger partial charge on any atom is 0.194 e. The fourth-order valence-corrected chi connectivity index (χ4v) is 4.79. The second kappa shape index (κ2) is 13.3. The molecule has 2 aromatic rings. The van der Waals surface area contributed by atoms with Gasteiger partial charge in [0.05, 0.1) is 12.2 Å². The van der Waals surface area contributed by atoms with Crippen LogP contribution in [0, 0.1) is 5.92 Å². The van der Waals surface area contributed by atoms with E-state index in [2.05, 4.69) is 63.3 Å². The lowest BCUT2D eigenvalue weighted by Crippen LogP contribution is -2.52. The number of aromatic nitrogens is 1. The van der Waals surface area contributed by atoms with E-state index in [4.69, 9.17) is 9.52 Å². The molecule has 0 spiro atoms. The van der Waals surface area contributed by atoms with E-state index < -0.39 is 0 Å². The quantitative estimate of drug-likeness (QED) is 0.313. The van der Waals surface area contributed by atoms with Crippen LogP contribution in [0.25, 0.3) is 0 Å². The summed E-state index contributed by atoms with van der Waals surface area (Å²) in [4.78, 5) is 12.5. The van der Waals surface area contributed by atoms with Crippen molar-refractivity contribution in [2.75, 3.05) is 45.8 Å². The minimum absolute atomic E-state index is 0. The van der Waals surface area contributed by atoms with Crippen molar-refractivity contribution >= 4 is 29.9 Å². The predicted molar refractivity (Wildman–Crippen MR) is 144 cm³/mol. The summed E-state index contributed by atoms with van der Waals surface area (Å²) in [6.07, 6.45) is 4.32. The number of nitrogens with one attached hydrogen (secondary N) is 1. The molecule has 2 fully saturated rings. The summed E-state index contributed by atoms with van der Waals surface area (Å²) in [5.74, 6) is 1.83. The van der Waals surface area contributed by atoms with Gasteiger partial charge in [-0.05, 0) is 43.4 Å². The van der Waals surface area contributed by atoms with Crippen LogP contribution < -0.4 is 5.32 Å². The fraction of sp³-hybridized carbons (Fsp3) is 0.600. The Morgan fingerprint density at radius 2 is 1.85 bits per heavy atom. The van der Waals surface area contributed by atoms with Crippen molar-refractivity contribution in [3.63, 3.8) is 0 Å². The number of rotatable bonds is 7. The van der Waals surface area contributed by atoms with Crippen LogP contribution in [0.1, 0.15) is 43.5 Å². The van der Waals surface area contributed by atoms with E-state index in [1.54, 1.807) is 6.26 Å². The third kappa shape index (κ3) is 7.68. The lowest BCUT2D eigenvalue weighted by Gasteiger charge is -2.36. The number of likely N-dealkylation sites (tertiary alicyclic amines) is 1. The largest absolute Gasteiger partial charge is 0.364 e. The van der Waals surface area contributed by atoms with E-state index in [-0.39, 0.29) is 24.0 Å². The summed E-state index contributed by atoms with van der Waals surface area (Å²) in [5.41, 5.74) is 3.75. The van der Waals surface area contributed by atoms with Gasteiger partial charge in [0.2, 0.25) is 0 Å². The average molecular weight is 567 g/mol. The fourth-order valence-electron chi connectivity index (χ4n) is 4.79. The van der Waals surface area contributed by atoms with Crippen molar-refractivity contribution in [3.05, 3.63) is 53.4 Å². The van der Waals surface area contributed by atoms with Gasteiger partial charge in [0.15, 0.2) is 5.96 Å². The molecule has 0 amide bonds. The first kappa shape index (κ1) is 26.0. The lowest BCUT2D eigenvalue weighted by molar-refractivity contribution is 0.169. The van der Waals surface area contributed by atoms with Crippen LogP contribution in [0.15, 0.2) is 46.1 Å². The van der Waals surface area contributed by atoms with Gasteiger partial charge in [-0.2, -0.15) is 0 Å². The lowest BCUT2D eigenvalue weighted by atomic mass is 9.99. The Morgan fingerprint density at radius 3 is 2.55 bits per heavy atom. The number of hydrogen-bond donors (Lipinski definition) is 1. The van der Waals surface area contributed by atoms with Gasteiger partial charge in [-0.3, -0.25) is 9.80 Å². The molecule has 33 heavy (non-hydrogen) atoms. The number of aliphatic imine (C=N–C) groups is 1. The number of piperidine rings is 1. The summed E-state index contributed by atoms with van der Waals surface area (Å²) < 4.78 is 4.96. The SMILES string of the molecule is CCNC(=NCc1ccccc1CN1CCCC(C)C1)N1CCN(Cc2ccon2)CC1.I. The maximum atomic E-state index is 5.04. The van der Waals surface area contributed by atoms with Crippen molar-refractivity contribution in [3.8, 4) is 0 Å². The van der Waals surface area contributed by atoms with Crippen LogP contribution in [-0.4, -0.2) is 71.6 Å². The molecule has 2 aliphatic heterocycles. The van der Waals surface area contributed by atoms with E-state index in [0.29, 0.717) is 0 Å². The molecule has 1 unspecified atom stereocenters. The zero-order chi connectivity index (χ0) is 22.2. The maximum absolute atomic E-state index is 5.04. The van der Waals surface area contributed by atoms with Crippen LogP contribution in [0.3, 0.4) is 0 Å². The summed E-state index contributed by atoms with van der Waals surface area (Å²) in [7, 11) is 0. The van der Waals surface area contributed by atoms with Gasteiger partial charge in [-0.1, -0.05) is 36.3 Å². The predicted octanol–water partition coefficient (Wildman–Crippen LogP) is 3.81. The summed E-state index contributed by atoms with van der Waals surface area (Å²) in [6, 6.07) is 10.8. The first-order chi connectivity index (χ1) is 15.7. The van der Waals surface area contributed by atoms with E-state index >= 15 is 0 Å². The van der Waals surface area contributed by atoms with Gasteiger partial charge in [0.25, 0.3) is 0 Å². The third-order valence-corrected chi connectivity index (χ3v) is 6.54. The van der Waals surface area contributed by atoms with Gasteiger partial charge in [0.1, 0.15) is 6.26 Å². The van der Waals surface area contributed by atoms with E-state index in [1.807, 2.05) is 6.07 Å². The molecule has 0 radical (unpaired) electrons. The highest BCUT2D eigenvalue weighted by Crippen LogP contribution is 2.20. The highest BCUT2D eigenvalue weighted by Gasteiger charge is 2.21. The smallest absolute Gasteiger partial charge is 0.194 e. The Bertz CT molecular complexity index is 850. The molecule has 0 bridgehead atoms.